The van der Waals surface area contributed by atoms with Crippen molar-refractivity contribution in [3.8, 4) is 5.75 Å². The van der Waals surface area contributed by atoms with Crippen molar-refractivity contribution in [1.29, 1.82) is 0 Å². The largest absolute Gasteiger partial charge is 0.497 e. The van der Waals surface area contributed by atoms with Gasteiger partial charge in [-0.1, -0.05) is 36.4 Å². The first kappa shape index (κ1) is 32.6. The zero-order valence-corrected chi connectivity index (χ0v) is 23.6. The Balaban J connectivity index is 1.70. The van der Waals surface area contributed by atoms with Crippen LogP contribution < -0.4 is 15.2 Å². The van der Waals surface area contributed by atoms with Crippen molar-refractivity contribution in [1.82, 2.24) is 9.55 Å². The van der Waals surface area contributed by atoms with Gasteiger partial charge in [0.1, 0.15) is 11.3 Å². The lowest BCUT2D eigenvalue weighted by atomic mass is 9.83. The number of nitrogens with zero attached hydrogens (tertiary/aromatic N) is 3. The Kier molecular flexibility index (Phi) is 8.15. The van der Waals surface area contributed by atoms with Crippen LogP contribution in [0.25, 0.3) is 0 Å². The van der Waals surface area contributed by atoms with Crippen molar-refractivity contribution < 1.29 is 49.0 Å². The van der Waals surface area contributed by atoms with Crippen LogP contribution in [0.3, 0.4) is 0 Å². The summed E-state index contributed by atoms with van der Waals surface area (Å²) >= 11 is 0. The van der Waals surface area contributed by atoms with E-state index in [-0.39, 0.29) is 23.7 Å². The van der Waals surface area contributed by atoms with Crippen LogP contribution >= 0.6 is 0 Å². The third-order valence-corrected chi connectivity index (χ3v) is 7.56. The number of carbonyl (C=O) groups excluding carboxylic acids is 1. The monoisotopic (exact) mass is 655 g/mol. The molecule has 0 spiro atoms. The van der Waals surface area contributed by atoms with E-state index in [9.17, 15) is 49.1 Å². The molecule has 0 atom stereocenters. The normalized spacial score (nSPS) is 14.8. The Labute approximate surface area is 254 Å². The smallest absolute Gasteiger partial charge is 0.433 e. The van der Waals surface area contributed by atoms with Gasteiger partial charge in [-0.2, -0.15) is 39.5 Å². The van der Waals surface area contributed by atoms with Crippen LogP contribution in [0.5, 0.6) is 5.75 Å². The minimum Gasteiger partial charge on any atom is -0.497 e. The molecule has 0 saturated heterocycles. The third-order valence-electron chi connectivity index (χ3n) is 7.56. The van der Waals surface area contributed by atoms with Crippen molar-refractivity contribution in [2.75, 3.05) is 12.0 Å². The standard InChI is InChI=1S/C31H22F9N3O3/c1-46-23-12-6-20(7-13-23)17-42-26(45)28(15-18-2-8-21(9-3-18)29(32,33)34,16-19-4-10-22(11-5-19)30(35,36)37)43-25(44)14-24(31(38,39)40)41-27(42)43/h2-14H,15-17H2,1H3. The Bertz CT molecular complexity index is 1730. The van der Waals surface area contributed by atoms with Crippen LogP contribution in [0.15, 0.2) is 83.7 Å². The maximum absolute atomic E-state index is 14.4. The average molecular weight is 656 g/mol. The molecule has 1 aliphatic rings. The number of fused-ring (bicyclic) bond motifs is 1. The maximum Gasteiger partial charge on any atom is 0.433 e. The number of ether oxygens (including phenoxy) is 1. The number of hydrogen-bond acceptors (Lipinski definition) is 4. The predicted molar refractivity (Wildman–Crippen MR) is 146 cm³/mol. The summed E-state index contributed by atoms with van der Waals surface area (Å²) < 4.78 is 127. The highest BCUT2D eigenvalue weighted by Crippen LogP contribution is 2.41. The van der Waals surface area contributed by atoms with Crippen molar-refractivity contribution in [2.24, 2.45) is 0 Å². The van der Waals surface area contributed by atoms with Crippen LogP contribution in [-0.4, -0.2) is 22.6 Å². The molecule has 0 bridgehead atoms. The number of anilines is 1. The zero-order valence-electron chi connectivity index (χ0n) is 23.6. The van der Waals surface area contributed by atoms with Gasteiger partial charge >= 0.3 is 18.5 Å². The van der Waals surface area contributed by atoms with E-state index in [1.54, 1.807) is 0 Å². The number of benzene rings is 3. The minimum atomic E-state index is -5.09. The highest BCUT2D eigenvalue weighted by Gasteiger charge is 2.53. The number of rotatable bonds is 7. The Morgan fingerprint density at radius 3 is 1.54 bits per heavy atom. The molecule has 4 aromatic rings. The van der Waals surface area contributed by atoms with Crippen molar-refractivity contribution in [3.05, 3.63) is 123 Å². The van der Waals surface area contributed by atoms with Crippen molar-refractivity contribution in [3.63, 3.8) is 0 Å². The summed E-state index contributed by atoms with van der Waals surface area (Å²) in [5.74, 6) is -1.18. The van der Waals surface area contributed by atoms with Crippen LogP contribution in [-0.2, 0) is 48.2 Å². The molecular formula is C31H22F9N3O3. The van der Waals surface area contributed by atoms with E-state index in [1.165, 1.54) is 31.4 Å². The second kappa shape index (κ2) is 11.5. The maximum atomic E-state index is 14.4. The van der Waals surface area contributed by atoms with E-state index in [2.05, 4.69) is 4.98 Å². The van der Waals surface area contributed by atoms with Crippen molar-refractivity contribution >= 4 is 11.9 Å². The van der Waals surface area contributed by atoms with E-state index in [0.29, 0.717) is 11.3 Å². The Morgan fingerprint density at radius 1 is 0.674 bits per heavy atom. The van der Waals surface area contributed by atoms with Gasteiger partial charge in [0, 0.05) is 18.9 Å². The molecule has 242 valence electrons. The first-order valence-electron chi connectivity index (χ1n) is 13.4. The van der Waals surface area contributed by atoms with Gasteiger partial charge < -0.3 is 4.74 Å². The fraction of sp³-hybridized carbons (Fsp3) is 0.258. The summed E-state index contributed by atoms with van der Waals surface area (Å²) in [4.78, 5) is 32.4. The highest BCUT2D eigenvalue weighted by molar-refractivity contribution is 6.02. The fourth-order valence-corrected chi connectivity index (χ4v) is 5.36. The summed E-state index contributed by atoms with van der Waals surface area (Å²) in [7, 11) is 1.40. The van der Waals surface area contributed by atoms with Gasteiger partial charge in [0.15, 0.2) is 5.69 Å². The first-order chi connectivity index (χ1) is 21.4. The molecule has 0 saturated carbocycles. The molecule has 0 N–H and O–H groups in total. The molecule has 5 rings (SSSR count). The fourth-order valence-electron chi connectivity index (χ4n) is 5.36. The molecule has 1 aliphatic heterocycles. The van der Waals surface area contributed by atoms with Gasteiger partial charge in [0.2, 0.25) is 5.95 Å². The number of alkyl halides is 9. The van der Waals surface area contributed by atoms with E-state index in [1.807, 2.05) is 0 Å². The second-order valence-electron chi connectivity index (χ2n) is 10.6. The van der Waals surface area contributed by atoms with Crippen LogP contribution in [0, 0.1) is 0 Å². The van der Waals surface area contributed by atoms with Gasteiger partial charge in [-0.3, -0.25) is 19.1 Å². The number of hydrogen-bond donors (Lipinski definition) is 0. The van der Waals surface area contributed by atoms with Crippen LogP contribution in [0.1, 0.15) is 33.5 Å². The number of carbonyl (C=O) groups is 1. The molecule has 6 nitrogen and oxygen atoms in total. The quantitative estimate of drug-likeness (QED) is 0.201. The lowest BCUT2D eigenvalue weighted by Gasteiger charge is -2.30. The summed E-state index contributed by atoms with van der Waals surface area (Å²) in [5.41, 5.74) is -6.45. The summed E-state index contributed by atoms with van der Waals surface area (Å²) in [6, 6.07) is 13.5. The molecule has 46 heavy (non-hydrogen) atoms. The molecule has 0 aliphatic carbocycles. The number of halogens is 9. The van der Waals surface area contributed by atoms with Gasteiger partial charge in [-0.15, -0.1) is 0 Å². The van der Waals surface area contributed by atoms with Crippen LogP contribution in [0.4, 0.5) is 45.5 Å². The van der Waals surface area contributed by atoms with Crippen LogP contribution in [0.2, 0.25) is 0 Å². The SMILES string of the molecule is COc1ccc(CN2C(=O)C(Cc3ccc(C(F)(F)F)cc3)(Cc3ccc(C(F)(F)F)cc3)n3c2nc(C(F)(F)F)cc3=O)cc1. The van der Waals surface area contributed by atoms with Crippen molar-refractivity contribution in [2.45, 2.75) is 43.5 Å². The molecule has 1 aromatic heterocycles. The van der Waals surface area contributed by atoms with Gasteiger partial charge in [0.05, 0.1) is 24.8 Å². The topological polar surface area (TPSA) is 64.4 Å². The first-order valence-corrected chi connectivity index (χ1v) is 13.4. The molecule has 15 heteroatoms. The number of aromatic nitrogens is 2. The molecule has 1 amide bonds. The Morgan fingerprint density at radius 2 is 1.13 bits per heavy atom. The third kappa shape index (κ3) is 6.30. The molecule has 0 unspecified atom stereocenters. The lowest BCUT2D eigenvalue weighted by Crippen LogP contribution is -2.49. The highest BCUT2D eigenvalue weighted by atomic mass is 19.4. The van der Waals surface area contributed by atoms with Gasteiger partial charge in [0.25, 0.3) is 11.5 Å². The number of methoxy groups -OCH3 is 1. The Hall–Kier alpha value is -4.82. The molecular weight excluding hydrogens is 633 g/mol. The van der Waals surface area contributed by atoms with E-state index >= 15 is 0 Å². The molecule has 0 radical (unpaired) electrons. The molecule has 3 aromatic carbocycles. The summed E-state index contributed by atoms with van der Waals surface area (Å²) in [5, 5.41) is 0. The van der Waals surface area contributed by atoms with E-state index < -0.39 is 71.1 Å². The van der Waals surface area contributed by atoms with E-state index in [0.717, 1.165) is 58.0 Å². The number of amides is 1. The predicted octanol–water partition coefficient (Wildman–Crippen LogP) is 7.04. The van der Waals surface area contributed by atoms with Gasteiger partial charge in [-0.25, -0.2) is 4.98 Å². The molecule has 0 fully saturated rings. The summed E-state index contributed by atoms with van der Waals surface area (Å²) in [6.45, 7) is -0.377. The van der Waals surface area contributed by atoms with Gasteiger partial charge in [-0.05, 0) is 53.1 Å². The molecule has 2 heterocycles. The summed E-state index contributed by atoms with van der Waals surface area (Å²) in [6.07, 6.45) is -15.5. The second-order valence-corrected chi connectivity index (χ2v) is 10.6. The lowest BCUT2D eigenvalue weighted by molar-refractivity contribution is -0.141. The minimum absolute atomic E-state index is 0.0947. The van der Waals surface area contributed by atoms with E-state index in [4.69, 9.17) is 4.74 Å². The zero-order chi connectivity index (χ0) is 33.7. The average Bonchev–Trinajstić information content (AvgIpc) is 3.19.